The Kier molecular flexibility index (Phi) is 13.3. The standard InChI is InChI=1S/C8H14NO.3C4H9.Sn/c1-4-5-6-7-8(10)9(2)3;3*1-3-4-2;/h4-6H,7H2,1-3H3;3*1,3-4H2,2H3;/b5-4+;;;;. The van der Waals surface area contributed by atoms with Crippen molar-refractivity contribution in [2.75, 3.05) is 14.1 Å². The molecule has 0 aliphatic carbocycles. The molecule has 0 aromatic heterocycles. The third kappa shape index (κ3) is 8.60. The molecule has 136 valence electrons. The van der Waals surface area contributed by atoms with Crippen molar-refractivity contribution in [2.24, 2.45) is 0 Å². The van der Waals surface area contributed by atoms with Crippen LogP contribution in [-0.4, -0.2) is 43.3 Å². The van der Waals surface area contributed by atoms with Gasteiger partial charge in [-0.1, -0.05) is 0 Å². The van der Waals surface area contributed by atoms with Crippen LogP contribution < -0.4 is 0 Å². The van der Waals surface area contributed by atoms with E-state index in [-0.39, 0.29) is 0 Å². The van der Waals surface area contributed by atoms with Gasteiger partial charge in [0.05, 0.1) is 0 Å². The number of unbranched alkanes of at least 4 members (excludes halogenated alkanes) is 3. The Morgan fingerprint density at radius 1 is 0.957 bits per heavy atom. The summed E-state index contributed by atoms with van der Waals surface area (Å²) in [7, 11) is 3.80. The third-order valence-corrected chi connectivity index (χ3v) is 22.4. The van der Waals surface area contributed by atoms with Gasteiger partial charge in [0.2, 0.25) is 0 Å². The number of nitrogens with zero attached hydrogens (tertiary/aromatic N) is 1. The fourth-order valence-electron chi connectivity index (χ4n) is 3.61. The summed E-state index contributed by atoms with van der Waals surface area (Å²) < 4.78 is 5.01. The van der Waals surface area contributed by atoms with Crippen LogP contribution >= 0.6 is 0 Å². The Balaban J connectivity index is 5.48. The van der Waals surface area contributed by atoms with Gasteiger partial charge in [-0.3, -0.25) is 0 Å². The average molecular weight is 430 g/mol. The zero-order valence-corrected chi connectivity index (χ0v) is 19.5. The number of carbonyl (C=O) groups is 1. The Morgan fingerprint density at radius 3 is 1.70 bits per heavy atom. The molecule has 2 nitrogen and oxygen atoms in total. The van der Waals surface area contributed by atoms with Crippen LogP contribution in [0.1, 0.15) is 72.6 Å². The number of carbonyl (C=O) groups excluding carboxylic acids is 1. The van der Waals surface area contributed by atoms with E-state index in [4.69, 9.17) is 0 Å². The molecule has 0 aliphatic heterocycles. The second-order valence-corrected chi connectivity index (χ2v) is 21.5. The van der Waals surface area contributed by atoms with Gasteiger partial charge < -0.3 is 0 Å². The van der Waals surface area contributed by atoms with Crippen LogP contribution in [0.2, 0.25) is 17.2 Å². The van der Waals surface area contributed by atoms with E-state index in [1.54, 1.807) is 4.90 Å². The maximum absolute atomic E-state index is 12.4. The fourth-order valence-corrected chi connectivity index (χ4v) is 21.4. The van der Waals surface area contributed by atoms with Gasteiger partial charge in [-0.2, -0.15) is 0 Å². The molecular formula is C20H41NOSn. The van der Waals surface area contributed by atoms with E-state index < -0.39 is 18.4 Å². The average Bonchev–Trinajstić information content (AvgIpc) is 2.54. The van der Waals surface area contributed by atoms with Crippen LogP contribution in [0.5, 0.6) is 0 Å². The molecule has 0 bridgehead atoms. The van der Waals surface area contributed by atoms with Crippen LogP contribution in [0, 0.1) is 0 Å². The van der Waals surface area contributed by atoms with E-state index in [2.05, 4.69) is 39.8 Å². The quantitative estimate of drug-likeness (QED) is 0.250. The van der Waals surface area contributed by atoms with Crippen molar-refractivity contribution in [3.63, 3.8) is 0 Å². The minimum atomic E-state index is -2.35. The molecule has 0 spiro atoms. The Morgan fingerprint density at radius 2 is 1.39 bits per heavy atom. The van der Waals surface area contributed by atoms with E-state index in [0.29, 0.717) is 9.84 Å². The summed E-state index contributed by atoms with van der Waals surface area (Å²) in [5.74, 6) is 0.318. The van der Waals surface area contributed by atoms with E-state index in [1.165, 1.54) is 51.8 Å². The van der Waals surface area contributed by atoms with Crippen molar-refractivity contribution in [1.29, 1.82) is 0 Å². The molecule has 0 saturated heterocycles. The van der Waals surface area contributed by atoms with Crippen molar-refractivity contribution in [1.82, 2.24) is 4.90 Å². The molecule has 23 heavy (non-hydrogen) atoms. The summed E-state index contributed by atoms with van der Waals surface area (Å²) in [4.78, 5) is 14.2. The first kappa shape index (κ1) is 23.0. The molecule has 0 rings (SSSR count). The maximum atomic E-state index is 12.4. The van der Waals surface area contributed by atoms with Crippen molar-refractivity contribution >= 4 is 24.3 Å². The molecule has 0 fully saturated rings. The van der Waals surface area contributed by atoms with Crippen LogP contribution in [0.25, 0.3) is 0 Å². The zero-order chi connectivity index (χ0) is 17.7. The second-order valence-electron chi connectivity index (χ2n) is 7.30. The summed E-state index contributed by atoms with van der Waals surface area (Å²) in [6, 6.07) is 0. The van der Waals surface area contributed by atoms with Gasteiger partial charge in [-0.25, -0.2) is 0 Å². The Hall–Kier alpha value is 0.00870. The molecule has 3 heteroatoms. The second kappa shape index (κ2) is 13.3. The molecule has 0 N–H and O–H groups in total. The molecule has 0 aromatic carbocycles. The Labute approximate surface area is 150 Å². The number of allylic oxidation sites excluding steroid dienone is 2. The minimum absolute atomic E-state index is 0.318. The zero-order valence-electron chi connectivity index (χ0n) is 16.7. The Bertz CT molecular complexity index is 317. The van der Waals surface area contributed by atoms with Gasteiger partial charge in [-0.15, -0.1) is 0 Å². The molecular weight excluding hydrogens is 389 g/mol. The summed E-state index contributed by atoms with van der Waals surface area (Å²) in [5.41, 5.74) is 0. The molecule has 1 atom stereocenters. The predicted molar refractivity (Wildman–Crippen MR) is 107 cm³/mol. The summed E-state index contributed by atoms with van der Waals surface area (Å²) in [6.07, 6.45) is 13.4. The van der Waals surface area contributed by atoms with E-state index >= 15 is 0 Å². The van der Waals surface area contributed by atoms with Crippen molar-refractivity contribution in [3.8, 4) is 0 Å². The fraction of sp³-hybridized carbons (Fsp3) is 0.850. The molecule has 0 aromatic rings. The molecule has 1 amide bonds. The van der Waals surface area contributed by atoms with Crippen LogP contribution in [-0.2, 0) is 4.79 Å². The monoisotopic (exact) mass is 431 g/mol. The predicted octanol–water partition coefficient (Wildman–Crippen LogP) is 6.26. The van der Waals surface area contributed by atoms with E-state index in [0.717, 1.165) is 6.42 Å². The van der Waals surface area contributed by atoms with Gasteiger partial charge >= 0.3 is 150 Å². The van der Waals surface area contributed by atoms with Gasteiger partial charge in [0.25, 0.3) is 0 Å². The van der Waals surface area contributed by atoms with Crippen molar-refractivity contribution in [3.05, 3.63) is 12.2 Å². The normalized spacial score (nSPS) is 13.5. The molecule has 1 unspecified atom stereocenters. The van der Waals surface area contributed by atoms with E-state index in [1.807, 2.05) is 14.1 Å². The van der Waals surface area contributed by atoms with Crippen molar-refractivity contribution in [2.45, 2.75) is 89.9 Å². The summed E-state index contributed by atoms with van der Waals surface area (Å²) in [5, 5.41) is 0. The van der Waals surface area contributed by atoms with Crippen LogP contribution in [0.3, 0.4) is 0 Å². The molecule has 0 radical (unpaired) electrons. The molecule has 0 aliphatic rings. The summed E-state index contributed by atoms with van der Waals surface area (Å²) >= 11 is -2.35. The first-order valence-corrected chi connectivity index (χ1v) is 17.5. The molecule has 0 saturated carbocycles. The third-order valence-electron chi connectivity index (χ3n) is 5.19. The van der Waals surface area contributed by atoms with Crippen molar-refractivity contribution < 1.29 is 4.79 Å². The summed E-state index contributed by atoms with van der Waals surface area (Å²) in [6.45, 7) is 9.06. The van der Waals surface area contributed by atoms with Crippen LogP contribution in [0.15, 0.2) is 12.2 Å². The van der Waals surface area contributed by atoms with Gasteiger partial charge in [0.1, 0.15) is 0 Å². The first-order chi connectivity index (χ1) is 11.0. The number of amides is 1. The number of hydrogen-bond acceptors (Lipinski definition) is 1. The first-order valence-electron chi connectivity index (χ1n) is 9.80. The number of rotatable bonds is 13. The SMILES string of the molecule is C/C=C/[CH](CC(=O)N(C)C)[Sn]([CH2]CCC)([CH2]CCC)[CH2]CCC. The molecule has 0 heterocycles. The van der Waals surface area contributed by atoms with E-state index in [9.17, 15) is 4.79 Å². The number of hydrogen-bond donors (Lipinski definition) is 0. The van der Waals surface area contributed by atoms with Gasteiger partial charge in [-0.05, 0) is 0 Å². The van der Waals surface area contributed by atoms with Crippen LogP contribution in [0.4, 0.5) is 0 Å². The van der Waals surface area contributed by atoms with Gasteiger partial charge in [0.15, 0.2) is 0 Å². The van der Waals surface area contributed by atoms with Gasteiger partial charge in [0, 0.05) is 0 Å². The topological polar surface area (TPSA) is 20.3 Å².